The monoisotopic (exact) mass is 520 g/mol. The van der Waals surface area contributed by atoms with Crippen molar-refractivity contribution in [3.63, 3.8) is 0 Å². The Morgan fingerprint density at radius 1 is 0.941 bits per heavy atom. The van der Waals surface area contributed by atoms with Crippen molar-refractivity contribution in [2.75, 3.05) is 5.88 Å². The molecule has 2 fully saturated rings. The summed E-state index contributed by atoms with van der Waals surface area (Å²) in [6, 6.07) is 11.4. The number of carbonyl (C=O) groups excluding carboxylic acids is 4. The highest BCUT2D eigenvalue weighted by molar-refractivity contribution is 6.34. The number of halogens is 3. The van der Waals surface area contributed by atoms with Gasteiger partial charge in [-0.05, 0) is 55.7 Å². The standard InChI is InChI=1S/C25H23Cl3N2O4/c26-14-13-21(22(31)15-9-11-16(27)12-10-15)29(25(34)19-7-3-4-8-20(19)28)30-23(32)17-5-1-2-6-18(17)24(30)33/h3-4,7-12,17-18,21H,1-2,5-6,13-14H2/t17-,18+,21-/m1/s1. The van der Waals surface area contributed by atoms with Gasteiger partial charge in [0.25, 0.3) is 17.7 Å². The van der Waals surface area contributed by atoms with Crippen LogP contribution in [0.2, 0.25) is 10.0 Å². The summed E-state index contributed by atoms with van der Waals surface area (Å²) in [5, 5.41) is 2.47. The lowest BCUT2D eigenvalue weighted by atomic mass is 9.81. The van der Waals surface area contributed by atoms with E-state index >= 15 is 0 Å². The number of hydrogen-bond donors (Lipinski definition) is 0. The van der Waals surface area contributed by atoms with E-state index in [9.17, 15) is 19.2 Å². The summed E-state index contributed by atoms with van der Waals surface area (Å²) in [6.07, 6.45) is 2.85. The number of Topliss-reactive ketones (excluding diaryl/α,β-unsaturated/α-hetero) is 1. The molecule has 3 atom stereocenters. The van der Waals surface area contributed by atoms with Crippen LogP contribution in [0.15, 0.2) is 48.5 Å². The number of alkyl halides is 1. The Balaban J connectivity index is 1.82. The molecule has 4 rings (SSSR count). The summed E-state index contributed by atoms with van der Waals surface area (Å²) < 4.78 is 0. The van der Waals surface area contributed by atoms with Crippen LogP contribution < -0.4 is 0 Å². The molecule has 0 spiro atoms. The van der Waals surface area contributed by atoms with Gasteiger partial charge in [0.1, 0.15) is 6.04 Å². The Morgan fingerprint density at radius 2 is 1.53 bits per heavy atom. The third kappa shape index (κ3) is 4.59. The molecule has 3 amide bonds. The number of fused-ring (bicyclic) bond motifs is 1. The Bertz CT molecular complexity index is 1100. The van der Waals surface area contributed by atoms with Gasteiger partial charge in [0, 0.05) is 16.5 Å². The molecule has 1 aliphatic carbocycles. The number of nitrogens with zero attached hydrogens (tertiary/aromatic N) is 2. The fourth-order valence-corrected chi connectivity index (χ4v) is 5.31. The fourth-order valence-electron chi connectivity index (χ4n) is 4.76. The number of hydrogen-bond acceptors (Lipinski definition) is 4. The third-order valence-electron chi connectivity index (χ3n) is 6.45. The van der Waals surface area contributed by atoms with Crippen LogP contribution in [0.25, 0.3) is 0 Å². The summed E-state index contributed by atoms with van der Waals surface area (Å²) in [5.41, 5.74) is 0.371. The van der Waals surface area contributed by atoms with Crippen LogP contribution >= 0.6 is 34.8 Å². The molecular formula is C25H23Cl3N2O4. The number of imide groups is 1. The zero-order valence-electron chi connectivity index (χ0n) is 18.3. The zero-order chi connectivity index (χ0) is 24.4. The normalized spacial score (nSPS) is 20.7. The lowest BCUT2D eigenvalue weighted by Crippen LogP contribution is -2.57. The molecule has 0 bridgehead atoms. The minimum Gasteiger partial charge on any atom is -0.292 e. The third-order valence-corrected chi connectivity index (χ3v) is 7.25. The summed E-state index contributed by atoms with van der Waals surface area (Å²) in [6.45, 7) is 0. The molecule has 9 heteroatoms. The number of carbonyl (C=O) groups is 4. The number of amides is 3. The van der Waals surface area contributed by atoms with Gasteiger partial charge >= 0.3 is 0 Å². The van der Waals surface area contributed by atoms with Gasteiger partial charge in [-0.15, -0.1) is 11.6 Å². The first kappa shape index (κ1) is 24.7. The average Bonchev–Trinajstić information content (AvgIpc) is 3.09. The molecule has 178 valence electrons. The van der Waals surface area contributed by atoms with Crippen molar-refractivity contribution in [1.29, 1.82) is 0 Å². The highest BCUT2D eigenvalue weighted by atomic mass is 35.5. The molecule has 0 radical (unpaired) electrons. The Kier molecular flexibility index (Phi) is 7.60. The van der Waals surface area contributed by atoms with Crippen LogP contribution in [0, 0.1) is 11.8 Å². The van der Waals surface area contributed by atoms with E-state index in [-0.39, 0.29) is 28.5 Å². The van der Waals surface area contributed by atoms with Crippen LogP contribution in [0.5, 0.6) is 0 Å². The topological polar surface area (TPSA) is 74.8 Å². The molecule has 1 saturated carbocycles. The lowest BCUT2D eigenvalue weighted by molar-refractivity contribution is -0.156. The van der Waals surface area contributed by atoms with E-state index in [1.54, 1.807) is 24.3 Å². The maximum Gasteiger partial charge on any atom is 0.275 e. The van der Waals surface area contributed by atoms with Crippen LogP contribution in [0.3, 0.4) is 0 Å². The van der Waals surface area contributed by atoms with E-state index in [1.807, 2.05) is 0 Å². The summed E-state index contributed by atoms with van der Waals surface area (Å²) in [5.74, 6) is -3.04. The number of ketones is 1. The van der Waals surface area contributed by atoms with E-state index in [1.165, 1.54) is 24.3 Å². The van der Waals surface area contributed by atoms with Crippen LogP contribution in [0.4, 0.5) is 0 Å². The van der Waals surface area contributed by atoms with Crippen molar-refractivity contribution in [3.8, 4) is 0 Å². The summed E-state index contributed by atoms with van der Waals surface area (Å²) >= 11 is 18.3. The second kappa shape index (κ2) is 10.5. The SMILES string of the molecule is O=C(c1ccc(Cl)cc1)[C@@H](CCCl)N(C(=O)c1ccccc1Cl)N1C(=O)[C@H]2CCCC[C@H]2C1=O. The Hall–Kier alpha value is -2.41. The first-order chi connectivity index (χ1) is 16.3. The molecule has 34 heavy (non-hydrogen) atoms. The second-order valence-corrected chi connectivity index (χ2v) is 9.70. The maximum absolute atomic E-state index is 13.8. The van der Waals surface area contributed by atoms with Crippen molar-refractivity contribution in [1.82, 2.24) is 10.0 Å². The molecule has 0 unspecified atom stereocenters. The predicted molar refractivity (Wildman–Crippen MR) is 130 cm³/mol. The number of hydrazine groups is 1. The molecule has 2 aliphatic rings. The van der Waals surface area contributed by atoms with E-state index in [0.717, 1.165) is 22.9 Å². The first-order valence-corrected chi connectivity index (χ1v) is 12.5. The minimum atomic E-state index is -1.18. The zero-order valence-corrected chi connectivity index (χ0v) is 20.5. The number of rotatable bonds is 7. The molecule has 6 nitrogen and oxygen atoms in total. The largest absolute Gasteiger partial charge is 0.292 e. The van der Waals surface area contributed by atoms with Crippen molar-refractivity contribution in [2.45, 2.75) is 38.1 Å². The quantitative estimate of drug-likeness (QED) is 0.277. The Labute approximate surface area is 212 Å². The molecule has 2 aromatic carbocycles. The van der Waals surface area contributed by atoms with Crippen LogP contribution in [0.1, 0.15) is 52.8 Å². The van der Waals surface area contributed by atoms with E-state index in [4.69, 9.17) is 34.8 Å². The van der Waals surface area contributed by atoms with Crippen molar-refractivity contribution in [2.24, 2.45) is 11.8 Å². The molecule has 0 aromatic heterocycles. The molecular weight excluding hydrogens is 499 g/mol. The van der Waals surface area contributed by atoms with E-state index in [2.05, 4.69) is 0 Å². The van der Waals surface area contributed by atoms with Gasteiger partial charge in [-0.3, -0.25) is 19.2 Å². The van der Waals surface area contributed by atoms with Gasteiger partial charge in [0.15, 0.2) is 5.78 Å². The van der Waals surface area contributed by atoms with Gasteiger partial charge in [0.05, 0.1) is 22.4 Å². The van der Waals surface area contributed by atoms with Crippen molar-refractivity contribution in [3.05, 3.63) is 69.7 Å². The second-order valence-electron chi connectivity index (χ2n) is 8.48. The minimum absolute atomic E-state index is 0.0272. The van der Waals surface area contributed by atoms with Crippen molar-refractivity contribution >= 4 is 58.3 Å². The highest BCUT2D eigenvalue weighted by Gasteiger charge is 2.53. The van der Waals surface area contributed by atoms with Gasteiger partial charge in [-0.25, -0.2) is 5.01 Å². The highest BCUT2D eigenvalue weighted by Crippen LogP contribution is 2.40. The van der Waals surface area contributed by atoms with Gasteiger partial charge in [-0.2, -0.15) is 5.01 Å². The Morgan fingerprint density at radius 3 is 2.09 bits per heavy atom. The van der Waals surface area contributed by atoms with E-state index < -0.39 is 41.4 Å². The van der Waals surface area contributed by atoms with Gasteiger partial charge < -0.3 is 0 Å². The van der Waals surface area contributed by atoms with Crippen molar-refractivity contribution < 1.29 is 19.2 Å². The van der Waals surface area contributed by atoms with Gasteiger partial charge in [0.2, 0.25) is 0 Å². The molecule has 1 heterocycles. The molecule has 1 saturated heterocycles. The average molecular weight is 522 g/mol. The van der Waals surface area contributed by atoms with Crippen LogP contribution in [-0.4, -0.2) is 45.4 Å². The molecule has 1 aliphatic heterocycles. The first-order valence-electron chi connectivity index (χ1n) is 11.2. The lowest BCUT2D eigenvalue weighted by Gasteiger charge is -2.36. The summed E-state index contributed by atoms with van der Waals surface area (Å²) in [4.78, 5) is 54.3. The van der Waals surface area contributed by atoms with Gasteiger partial charge in [-0.1, -0.05) is 48.2 Å². The number of benzene rings is 2. The molecule has 0 N–H and O–H groups in total. The predicted octanol–water partition coefficient (Wildman–Crippen LogP) is 5.41. The molecule has 2 aromatic rings. The fraction of sp³-hybridized carbons (Fsp3) is 0.360. The maximum atomic E-state index is 13.8. The summed E-state index contributed by atoms with van der Waals surface area (Å²) in [7, 11) is 0. The van der Waals surface area contributed by atoms with Crippen LogP contribution in [-0.2, 0) is 9.59 Å². The smallest absolute Gasteiger partial charge is 0.275 e. The van der Waals surface area contributed by atoms with E-state index in [0.29, 0.717) is 17.9 Å².